The van der Waals surface area contributed by atoms with Crippen LogP contribution in [0.3, 0.4) is 0 Å². The van der Waals surface area contributed by atoms with Crippen LogP contribution in [0.4, 0.5) is 10.2 Å². The molecule has 0 radical (unpaired) electrons. The highest BCUT2D eigenvalue weighted by molar-refractivity contribution is 5.93. The topological polar surface area (TPSA) is 88.7 Å². The first-order valence-electron chi connectivity index (χ1n) is 8.96. The number of rotatable bonds is 5. The lowest BCUT2D eigenvalue weighted by molar-refractivity contribution is -0.145. The van der Waals surface area contributed by atoms with Crippen molar-refractivity contribution >= 4 is 28.9 Å². The van der Waals surface area contributed by atoms with Gasteiger partial charge in [0.25, 0.3) is 0 Å². The molecule has 1 aromatic carbocycles. The first-order chi connectivity index (χ1) is 13.0. The van der Waals surface area contributed by atoms with Crippen LogP contribution in [0.1, 0.15) is 19.8 Å². The van der Waals surface area contributed by atoms with Crippen LogP contribution in [0, 0.1) is 11.2 Å². The van der Waals surface area contributed by atoms with Crippen molar-refractivity contribution in [1.82, 2.24) is 9.78 Å². The second-order valence-electron chi connectivity index (χ2n) is 7.15. The van der Waals surface area contributed by atoms with E-state index in [4.69, 9.17) is 4.74 Å². The number of aliphatic carboxylic acids is 1. The van der Waals surface area contributed by atoms with E-state index in [2.05, 4.69) is 15.4 Å². The molecule has 0 spiro atoms. The number of hydrogen-bond acceptors (Lipinski definition) is 5. The third-order valence-electron chi connectivity index (χ3n) is 5.25. The Morgan fingerprint density at radius 1 is 1.52 bits per heavy atom. The van der Waals surface area contributed by atoms with Crippen LogP contribution in [0.5, 0.6) is 0 Å². The lowest BCUT2D eigenvalue weighted by atomic mass is 9.81. The summed E-state index contributed by atoms with van der Waals surface area (Å²) in [6, 6.07) is 3.87. The van der Waals surface area contributed by atoms with Gasteiger partial charge in [0.1, 0.15) is 11.2 Å². The number of aliphatic imine (C=N–C) groups is 1. The number of hydrogen-bond donors (Lipinski definition) is 2. The first-order valence-corrected chi connectivity index (χ1v) is 8.96. The molecular weight excluding hydrogens is 351 g/mol. The molecule has 2 aromatic rings. The van der Waals surface area contributed by atoms with Gasteiger partial charge >= 0.3 is 5.97 Å². The Kier molecular flexibility index (Phi) is 4.43. The highest BCUT2D eigenvalue weighted by Gasteiger charge is 2.40. The molecule has 7 nitrogen and oxygen atoms in total. The predicted octanol–water partition coefficient (Wildman–Crippen LogP) is 2.82. The maximum atomic E-state index is 13.9. The second kappa shape index (κ2) is 6.77. The van der Waals surface area contributed by atoms with E-state index in [1.165, 1.54) is 18.3 Å². The first kappa shape index (κ1) is 17.7. The second-order valence-corrected chi connectivity index (χ2v) is 7.15. The highest BCUT2D eigenvalue weighted by Crippen LogP contribution is 2.31. The van der Waals surface area contributed by atoms with Crippen molar-refractivity contribution < 1.29 is 19.0 Å². The molecule has 1 aromatic heterocycles. The Bertz CT molecular complexity index is 932. The molecule has 2 aliphatic rings. The molecular formula is C19H21FN4O3. The SMILES string of the molecule is CC1(C(=O)O)C=CN=CC1Nc1nn(CC2CCCO2)c2ccc(F)cc12. The Balaban J connectivity index is 1.70. The molecule has 2 N–H and O–H groups in total. The summed E-state index contributed by atoms with van der Waals surface area (Å²) in [5, 5.41) is 18.0. The van der Waals surface area contributed by atoms with Gasteiger partial charge in [0.15, 0.2) is 5.82 Å². The van der Waals surface area contributed by atoms with Gasteiger partial charge in [-0.05, 0) is 44.0 Å². The fourth-order valence-electron chi connectivity index (χ4n) is 3.51. The zero-order valence-electron chi connectivity index (χ0n) is 14.9. The number of fused-ring (bicyclic) bond motifs is 1. The van der Waals surface area contributed by atoms with E-state index in [1.807, 2.05) is 0 Å². The van der Waals surface area contributed by atoms with Gasteiger partial charge in [-0.2, -0.15) is 5.10 Å². The van der Waals surface area contributed by atoms with Gasteiger partial charge in [-0.3, -0.25) is 14.5 Å². The van der Waals surface area contributed by atoms with Gasteiger partial charge in [-0.1, -0.05) is 0 Å². The van der Waals surface area contributed by atoms with Crippen LogP contribution in [0.2, 0.25) is 0 Å². The average molecular weight is 372 g/mol. The number of nitrogens with one attached hydrogen (secondary N) is 1. The quantitative estimate of drug-likeness (QED) is 0.843. The molecule has 142 valence electrons. The van der Waals surface area contributed by atoms with E-state index in [-0.39, 0.29) is 11.9 Å². The summed E-state index contributed by atoms with van der Waals surface area (Å²) in [5.74, 6) is -0.918. The third-order valence-corrected chi connectivity index (χ3v) is 5.25. The largest absolute Gasteiger partial charge is 0.481 e. The van der Waals surface area contributed by atoms with E-state index >= 15 is 0 Å². The molecule has 0 aliphatic carbocycles. The number of carbonyl (C=O) groups is 1. The third kappa shape index (κ3) is 3.21. The Morgan fingerprint density at radius 2 is 2.37 bits per heavy atom. The van der Waals surface area contributed by atoms with Crippen molar-refractivity contribution in [2.75, 3.05) is 11.9 Å². The monoisotopic (exact) mass is 372 g/mol. The van der Waals surface area contributed by atoms with Gasteiger partial charge < -0.3 is 15.2 Å². The maximum Gasteiger partial charge on any atom is 0.315 e. The highest BCUT2D eigenvalue weighted by atomic mass is 19.1. The summed E-state index contributed by atoms with van der Waals surface area (Å²) in [5.41, 5.74) is -0.408. The number of ether oxygens (including phenoxy) is 1. The summed E-state index contributed by atoms with van der Waals surface area (Å²) < 4.78 is 21.4. The smallest absolute Gasteiger partial charge is 0.315 e. The Hall–Kier alpha value is -2.74. The summed E-state index contributed by atoms with van der Waals surface area (Å²) in [6.07, 6.45) is 6.61. The number of halogens is 1. The molecule has 27 heavy (non-hydrogen) atoms. The molecule has 0 bridgehead atoms. The molecule has 2 aliphatic heterocycles. The average Bonchev–Trinajstić information content (AvgIpc) is 3.26. The molecule has 0 saturated carbocycles. The zero-order chi connectivity index (χ0) is 19.0. The van der Waals surface area contributed by atoms with Crippen LogP contribution >= 0.6 is 0 Å². The number of carboxylic acids is 1. The normalized spacial score (nSPS) is 27.3. The molecule has 1 saturated heterocycles. The van der Waals surface area contributed by atoms with Crippen molar-refractivity contribution in [3.8, 4) is 0 Å². The predicted molar refractivity (Wildman–Crippen MR) is 99.5 cm³/mol. The molecule has 1 fully saturated rings. The van der Waals surface area contributed by atoms with Gasteiger partial charge in [-0.15, -0.1) is 0 Å². The minimum Gasteiger partial charge on any atom is -0.481 e. The van der Waals surface area contributed by atoms with Crippen molar-refractivity contribution in [2.45, 2.75) is 38.5 Å². The fourth-order valence-corrected chi connectivity index (χ4v) is 3.51. The van der Waals surface area contributed by atoms with Crippen molar-refractivity contribution in [1.29, 1.82) is 0 Å². The number of carboxylic acid groups (broad SMARTS) is 1. The molecule has 4 rings (SSSR count). The van der Waals surface area contributed by atoms with Crippen molar-refractivity contribution in [3.05, 3.63) is 36.3 Å². The van der Waals surface area contributed by atoms with Gasteiger partial charge in [0.05, 0.1) is 24.2 Å². The lowest BCUT2D eigenvalue weighted by Gasteiger charge is -2.30. The minimum atomic E-state index is -1.18. The molecule has 3 heterocycles. The van der Waals surface area contributed by atoms with Gasteiger partial charge in [0.2, 0.25) is 0 Å². The van der Waals surface area contributed by atoms with Crippen molar-refractivity contribution in [3.63, 3.8) is 0 Å². The number of aromatic nitrogens is 2. The molecule has 3 atom stereocenters. The fraction of sp³-hybridized carbons (Fsp3) is 0.421. The zero-order valence-corrected chi connectivity index (χ0v) is 14.9. The van der Waals surface area contributed by atoms with E-state index < -0.39 is 17.4 Å². The van der Waals surface area contributed by atoms with Gasteiger partial charge in [-0.25, -0.2) is 4.39 Å². The summed E-state index contributed by atoms with van der Waals surface area (Å²) in [7, 11) is 0. The van der Waals surface area contributed by atoms with E-state index in [0.717, 1.165) is 25.0 Å². The number of anilines is 1. The molecule has 8 heteroatoms. The minimum absolute atomic E-state index is 0.0782. The van der Waals surface area contributed by atoms with E-state index in [9.17, 15) is 14.3 Å². The van der Waals surface area contributed by atoms with Crippen LogP contribution < -0.4 is 5.32 Å². The summed E-state index contributed by atoms with van der Waals surface area (Å²) >= 11 is 0. The van der Waals surface area contributed by atoms with Crippen molar-refractivity contribution in [2.24, 2.45) is 10.4 Å². The summed E-state index contributed by atoms with van der Waals surface area (Å²) in [4.78, 5) is 15.8. The lowest BCUT2D eigenvalue weighted by Crippen LogP contribution is -2.45. The van der Waals surface area contributed by atoms with Crippen LogP contribution in [-0.4, -0.2) is 45.8 Å². The van der Waals surface area contributed by atoms with Gasteiger partial charge in [0, 0.05) is 24.4 Å². The molecule has 3 unspecified atom stereocenters. The van der Waals surface area contributed by atoms with Crippen LogP contribution in [0.25, 0.3) is 10.9 Å². The van der Waals surface area contributed by atoms with Crippen LogP contribution in [0.15, 0.2) is 35.5 Å². The number of nitrogens with zero attached hydrogens (tertiary/aromatic N) is 3. The van der Waals surface area contributed by atoms with Crippen LogP contribution in [-0.2, 0) is 16.1 Å². The molecule has 0 amide bonds. The Labute approximate surface area is 155 Å². The summed E-state index contributed by atoms with van der Waals surface area (Å²) in [6.45, 7) is 2.92. The number of benzene rings is 1. The van der Waals surface area contributed by atoms with E-state index in [1.54, 1.807) is 30.0 Å². The van der Waals surface area contributed by atoms with E-state index in [0.29, 0.717) is 17.7 Å². The standard InChI is InChI=1S/C19H21FN4O3/c1-19(18(25)26)6-7-21-10-16(19)22-17-14-9-12(20)4-5-15(14)24(23-17)11-13-3-2-8-27-13/h4-7,9-10,13,16H,2-3,8,11H2,1H3,(H,22,23)(H,25,26). The Morgan fingerprint density at radius 3 is 3.11 bits per heavy atom. The maximum absolute atomic E-state index is 13.9.